The van der Waals surface area contributed by atoms with Crippen molar-refractivity contribution in [3.05, 3.63) is 65.7 Å². The highest BCUT2D eigenvalue weighted by Gasteiger charge is 2.14. The molecule has 1 fully saturated rings. The molecular weight excluding hydrogens is 284 g/mol. The van der Waals surface area contributed by atoms with Crippen molar-refractivity contribution in [2.45, 2.75) is 12.6 Å². The highest BCUT2D eigenvalue weighted by molar-refractivity contribution is 5.85. The number of hydrogen-bond donors (Lipinski definition) is 2. The van der Waals surface area contributed by atoms with Gasteiger partial charge in [0, 0.05) is 18.8 Å². The molecule has 112 valence electrons. The lowest BCUT2D eigenvalue weighted by Crippen LogP contribution is -2.34. The van der Waals surface area contributed by atoms with Crippen molar-refractivity contribution in [1.29, 1.82) is 0 Å². The molecule has 0 unspecified atom stereocenters. The molecule has 1 saturated heterocycles. The summed E-state index contributed by atoms with van der Waals surface area (Å²) >= 11 is 0. The zero-order valence-corrected chi connectivity index (χ0v) is 12.7. The molecule has 0 saturated carbocycles. The van der Waals surface area contributed by atoms with Crippen LogP contribution in [0.2, 0.25) is 0 Å². The summed E-state index contributed by atoms with van der Waals surface area (Å²) in [7, 11) is 0. The van der Waals surface area contributed by atoms with Gasteiger partial charge in [0.2, 0.25) is 0 Å². The Morgan fingerprint density at radius 1 is 1.05 bits per heavy atom. The van der Waals surface area contributed by atoms with E-state index in [1.54, 1.807) is 0 Å². The molecule has 0 aliphatic carbocycles. The van der Waals surface area contributed by atoms with Crippen LogP contribution in [0, 0.1) is 0 Å². The monoisotopic (exact) mass is 304 g/mol. The molecule has 0 aromatic heterocycles. The van der Waals surface area contributed by atoms with E-state index in [2.05, 4.69) is 59.2 Å². The molecule has 0 amide bonds. The first-order valence-electron chi connectivity index (χ1n) is 7.11. The summed E-state index contributed by atoms with van der Waals surface area (Å²) in [4.78, 5) is 0. The maximum atomic E-state index is 5.49. The van der Waals surface area contributed by atoms with E-state index in [1.165, 1.54) is 11.1 Å². The van der Waals surface area contributed by atoms with Crippen LogP contribution in [0.1, 0.15) is 17.2 Å². The first-order valence-corrected chi connectivity index (χ1v) is 7.11. The number of hydrogen-bond acceptors (Lipinski definition) is 3. The molecule has 0 radical (unpaired) electrons. The second kappa shape index (κ2) is 8.03. The average molecular weight is 305 g/mol. The molecule has 2 aromatic rings. The minimum atomic E-state index is 0. The fourth-order valence-electron chi connectivity index (χ4n) is 2.41. The molecule has 3 rings (SSSR count). The Bertz CT molecular complexity index is 524. The summed E-state index contributed by atoms with van der Waals surface area (Å²) in [5.74, 6) is 0. The van der Waals surface area contributed by atoms with E-state index < -0.39 is 0 Å². The van der Waals surface area contributed by atoms with Crippen molar-refractivity contribution in [1.82, 2.24) is 5.32 Å². The number of halogens is 1. The second-order valence-corrected chi connectivity index (χ2v) is 5.04. The van der Waals surface area contributed by atoms with Crippen molar-refractivity contribution >= 4 is 18.1 Å². The number of rotatable bonds is 4. The summed E-state index contributed by atoms with van der Waals surface area (Å²) < 4.78 is 5.49. The highest BCUT2D eigenvalue weighted by atomic mass is 35.5. The third-order valence-electron chi connectivity index (χ3n) is 3.57. The number of anilines is 1. The average Bonchev–Trinajstić information content (AvgIpc) is 2.55. The SMILES string of the molecule is Cl.c1ccc(CNc2ccc([C@@H]3COCCN3)cc2)cc1. The molecule has 1 aliphatic heterocycles. The van der Waals surface area contributed by atoms with E-state index in [9.17, 15) is 0 Å². The van der Waals surface area contributed by atoms with Gasteiger partial charge in [-0.05, 0) is 23.3 Å². The van der Waals surface area contributed by atoms with E-state index in [-0.39, 0.29) is 12.4 Å². The third-order valence-corrected chi connectivity index (χ3v) is 3.57. The summed E-state index contributed by atoms with van der Waals surface area (Å²) in [6, 6.07) is 19.4. The standard InChI is InChI=1S/C17H20N2O.ClH/c1-2-4-14(5-3-1)12-19-16-8-6-15(7-9-16)17-13-20-11-10-18-17;/h1-9,17-19H,10-13H2;1H/t17-;/m0./s1. The van der Waals surface area contributed by atoms with Gasteiger partial charge in [0.15, 0.2) is 0 Å². The Morgan fingerprint density at radius 2 is 1.81 bits per heavy atom. The van der Waals surface area contributed by atoms with Gasteiger partial charge in [-0.2, -0.15) is 0 Å². The zero-order chi connectivity index (χ0) is 13.6. The van der Waals surface area contributed by atoms with Crippen LogP contribution in [0.4, 0.5) is 5.69 Å². The van der Waals surface area contributed by atoms with E-state index in [4.69, 9.17) is 4.74 Å². The van der Waals surface area contributed by atoms with E-state index in [1.807, 2.05) is 6.07 Å². The molecule has 21 heavy (non-hydrogen) atoms. The Kier molecular flexibility index (Phi) is 6.05. The lowest BCUT2D eigenvalue weighted by atomic mass is 10.1. The molecule has 1 atom stereocenters. The van der Waals surface area contributed by atoms with Crippen molar-refractivity contribution in [2.75, 3.05) is 25.1 Å². The minimum Gasteiger partial charge on any atom is -0.381 e. The quantitative estimate of drug-likeness (QED) is 0.908. The number of ether oxygens (including phenoxy) is 1. The predicted molar refractivity (Wildman–Crippen MR) is 89.0 cm³/mol. The van der Waals surface area contributed by atoms with Crippen LogP contribution >= 0.6 is 12.4 Å². The van der Waals surface area contributed by atoms with Crippen LogP contribution in [0.15, 0.2) is 54.6 Å². The molecule has 2 aromatic carbocycles. The van der Waals surface area contributed by atoms with Crippen LogP contribution in [-0.2, 0) is 11.3 Å². The van der Waals surface area contributed by atoms with Gasteiger partial charge >= 0.3 is 0 Å². The Labute approximate surface area is 132 Å². The van der Waals surface area contributed by atoms with Crippen LogP contribution in [0.5, 0.6) is 0 Å². The van der Waals surface area contributed by atoms with Crippen molar-refractivity contribution in [3.63, 3.8) is 0 Å². The lowest BCUT2D eigenvalue weighted by Gasteiger charge is -2.24. The topological polar surface area (TPSA) is 33.3 Å². The van der Waals surface area contributed by atoms with E-state index in [0.29, 0.717) is 6.04 Å². The highest BCUT2D eigenvalue weighted by Crippen LogP contribution is 2.18. The molecule has 2 N–H and O–H groups in total. The number of morpholine rings is 1. The van der Waals surface area contributed by atoms with Crippen LogP contribution in [0.3, 0.4) is 0 Å². The van der Waals surface area contributed by atoms with Gasteiger partial charge in [-0.15, -0.1) is 12.4 Å². The summed E-state index contributed by atoms with van der Waals surface area (Å²) in [6.07, 6.45) is 0. The van der Waals surface area contributed by atoms with Crippen LogP contribution in [-0.4, -0.2) is 19.8 Å². The van der Waals surface area contributed by atoms with Gasteiger partial charge in [0.05, 0.1) is 19.3 Å². The van der Waals surface area contributed by atoms with Crippen molar-refractivity contribution in [2.24, 2.45) is 0 Å². The first kappa shape index (κ1) is 15.8. The van der Waals surface area contributed by atoms with Crippen LogP contribution < -0.4 is 10.6 Å². The molecule has 4 heteroatoms. The van der Waals surface area contributed by atoms with Crippen LogP contribution in [0.25, 0.3) is 0 Å². The Morgan fingerprint density at radius 3 is 2.48 bits per heavy atom. The number of nitrogens with one attached hydrogen (secondary N) is 2. The van der Waals surface area contributed by atoms with Gasteiger partial charge < -0.3 is 15.4 Å². The smallest absolute Gasteiger partial charge is 0.0662 e. The fourth-order valence-corrected chi connectivity index (χ4v) is 2.41. The molecule has 1 heterocycles. The maximum absolute atomic E-state index is 5.49. The van der Waals surface area contributed by atoms with Gasteiger partial charge in [-0.25, -0.2) is 0 Å². The minimum absolute atomic E-state index is 0. The van der Waals surface area contributed by atoms with Gasteiger partial charge in [-0.3, -0.25) is 0 Å². The largest absolute Gasteiger partial charge is 0.381 e. The van der Waals surface area contributed by atoms with Gasteiger partial charge in [0.1, 0.15) is 0 Å². The maximum Gasteiger partial charge on any atom is 0.0662 e. The molecular formula is C17H21ClN2O. The molecule has 1 aliphatic rings. The molecule has 0 bridgehead atoms. The fraction of sp³-hybridized carbons (Fsp3) is 0.294. The summed E-state index contributed by atoms with van der Waals surface area (Å²) in [6.45, 7) is 3.35. The normalized spacial score (nSPS) is 17.8. The van der Waals surface area contributed by atoms with Gasteiger partial charge in [-0.1, -0.05) is 42.5 Å². The molecule has 3 nitrogen and oxygen atoms in total. The van der Waals surface area contributed by atoms with Crippen molar-refractivity contribution < 1.29 is 4.74 Å². The van der Waals surface area contributed by atoms with E-state index in [0.717, 1.165) is 32.0 Å². The molecule has 0 spiro atoms. The summed E-state index contributed by atoms with van der Waals surface area (Å²) in [5, 5.41) is 6.91. The van der Waals surface area contributed by atoms with Gasteiger partial charge in [0.25, 0.3) is 0 Å². The Hall–Kier alpha value is -1.55. The van der Waals surface area contributed by atoms with Crippen molar-refractivity contribution in [3.8, 4) is 0 Å². The number of benzene rings is 2. The zero-order valence-electron chi connectivity index (χ0n) is 11.9. The Balaban J connectivity index is 0.00000161. The predicted octanol–water partition coefficient (Wildman–Crippen LogP) is 3.38. The summed E-state index contributed by atoms with van der Waals surface area (Å²) in [5.41, 5.74) is 3.73. The first-order chi connectivity index (χ1) is 9.92. The van der Waals surface area contributed by atoms with E-state index >= 15 is 0 Å². The second-order valence-electron chi connectivity index (χ2n) is 5.04. The lowest BCUT2D eigenvalue weighted by molar-refractivity contribution is 0.0769. The third kappa shape index (κ3) is 4.46.